The van der Waals surface area contributed by atoms with Gasteiger partial charge in [0.15, 0.2) is 31.1 Å². The molecule has 0 radical (unpaired) electrons. The standard InChI is InChI=1S/C48H86O21/c1-4-5-6-17-21-31(22-20-25-33(52)32(51)23-18-15-13-11-9-7-8-10-12-14-16-19-24-34(53)45(60)61)66-47-43(38(55)35(54)26-63-47)69-48-44(40(57)37(28-64-48)65-30(3)50)68-46-42(59)41(58)39(56)36(67-46)27-62-29(2)49/h31-44,46-48,51-59H,4-28H2,1-3H3,(H,60,61). The summed E-state index contributed by atoms with van der Waals surface area (Å²) in [6.45, 7) is 3.06. The van der Waals surface area contributed by atoms with Crippen LogP contribution in [-0.4, -0.2) is 193 Å². The van der Waals surface area contributed by atoms with E-state index in [1.165, 1.54) is 0 Å². The Hall–Kier alpha value is -2.19. The SMILES string of the molecule is CCCCCCC(CCCC(O)C(O)CCCCCCCCCCCCCCC(O)C(=O)O)OC1OCC(O)C(O)C1OC1OCC(OC(C)=O)C(O)C1OC1OC(COC(C)=O)C(O)C(O)C1O. The number of aliphatic hydroxyl groups excluding tert-OH is 9. The first-order valence-corrected chi connectivity index (χ1v) is 25.5. The molecule has 0 aromatic heterocycles. The summed E-state index contributed by atoms with van der Waals surface area (Å²) in [7, 11) is 0. The van der Waals surface area contributed by atoms with Gasteiger partial charge in [0, 0.05) is 13.8 Å². The predicted octanol–water partition coefficient (Wildman–Crippen LogP) is 2.01. The van der Waals surface area contributed by atoms with E-state index in [0.717, 1.165) is 117 Å². The number of hydrogen-bond acceptors (Lipinski definition) is 20. The highest BCUT2D eigenvalue weighted by Crippen LogP contribution is 2.33. The second kappa shape index (κ2) is 33.5. The molecule has 0 aliphatic carbocycles. The van der Waals surface area contributed by atoms with E-state index >= 15 is 0 Å². The molecular formula is C48H86O21. The van der Waals surface area contributed by atoms with Crippen LogP contribution in [0.1, 0.15) is 162 Å². The van der Waals surface area contributed by atoms with Gasteiger partial charge in [-0.05, 0) is 38.5 Å². The minimum absolute atomic E-state index is 0.300. The summed E-state index contributed by atoms with van der Waals surface area (Å²) in [6.07, 6.45) is -5.73. The smallest absolute Gasteiger partial charge is 0.332 e. The lowest BCUT2D eigenvalue weighted by molar-refractivity contribution is -0.380. The van der Waals surface area contributed by atoms with E-state index in [-0.39, 0.29) is 6.61 Å². The molecule has 69 heavy (non-hydrogen) atoms. The average Bonchev–Trinajstić information content (AvgIpc) is 3.31. The van der Waals surface area contributed by atoms with E-state index in [4.69, 9.17) is 43.0 Å². The third-order valence-corrected chi connectivity index (χ3v) is 13.0. The van der Waals surface area contributed by atoms with E-state index in [9.17, 15) is 60.3 Å². The van der Waals surface area contributed by atoms with Crippen molar-refractivity contribution in [3.8, 4) is 0 Å². The van der Waals surface area contributed by atoms with Crippen LogP contribution < -0.4 is 0 Å². The molecule has 17 unspecified atom stereocenters. The minimum atomic E-state index is -1.91. The van der Waals surface area contributed by atoms with Gasteiger partial charge in [0.2, 0.25) is 0 Å². The number of aliphatic hydroxyl groups is 9. The highest BCUT2D eigenvalue weighted by atomic mass is 16.8. The van der Waals surface area contributed by atoms with Crippen molar-refractivity contribution in [1.29, 1.82) is 0 Å². The van der Waals surface area contributed by atoms with Gasteiger partial charge in [-0.2, -0.15) is 0 Å². The summed E-state index contributed by atoms with van der Waals surface area (Å²) in [5.41, 5.74) is 0. The highest BCUT2D eigenvalue weighted by molar-refractivity contribution is 5.71. The van der Waals surface area contributed by atoms with Crippen LogP contribution in [0.2, 0.25) is 0 Å². The summed E-state index contributed by atoms with van der Waals surface area (Å²) in [6, 6.07) is 0. The molecule has 0 spiro atoms. The van der Waals surface area contributed by atoms with Gasteiger partial charge in [0.25, 0.3) is 0 Å². The number of unbranched alkanes of at least 4 members (excludes halogenated alkanes) is 14. The number of rotatable bonds is 35. The Balaban J connectivity index is 1.55. The largest absolute Gasteiger partial charge is 0.479 e. The molecule has 0 aromatic rings. The number of hydrogen-bond donors (Lipinski definition) is 10. The Morgan fingerprint density at radius 3 is 1.64 bits per heavy atom. The van der Waals surface area contributed by atoms with Crippen molar-refractivity contribution in [2.75, 3.05) is 19.8 Å². The van der Waals surface area contributed by atoms with Crippen LogP contribution in [0.25, 0.3) is 0 Å². The lowest BCUT2D eigenvalue weighted by atomic mass is 9.98. The summed E-state index contributed by atoms with van der Waals surface area (Å²) in [4.78, 5) is 34.1. The second-order valence-corrected chi connectivity index (χ2v) is 19.0. The minimum Gasteiger partial charge on any atom is -0.479 e. The fourth-order valence-corrected chi connectivity index (χ4v) is 8.83. The molecule has 0 saturated carbocycles. The van der Waals surface area contributed by atoms with Crippen molar-refractivity contribution < 1.29 is 103 Å². The quantitative estimate of drug-likeness (QED) is 0.0321. The van der Waals surface area contributed by atoms with Gasteiger partial charge in [0.1, 0.15) is 61.5 Å². The number of esters is 2. The van der Waals surface area contributed by atoms with Gasteiger partial charge in [-0.25, -0.2) is 4.79 Å². The van der Waals surface area contributed by atoms with E-state index in [1.54, 1.807) is 0 Å². The lowest BCUT2D eigenvalue weighted by Gasteiger charge is -2.46. The van der Waals surface area contributed by atoms with E-state index in [0.29, 0.717) is 38.5 Å². The van der Waals surface area contributed by atoms with Crippen LogP contribution in [0.3, 0.4) is 0 Å². The molecule has 3 heterocycles. The molecule has 10 N–H and O–H groups in total. The molecule has 0 amide bonds. The Labute approximate surface area is 406 Å². The molecule has 3 aliphatic rings. The Bertz CT molecular complexity index is 1410. The van der Waals surface area contributed by atoms with Crippen LogP contribution in [0.15, 0.2) is 0 Å². The van der Waals surface area contributed by atoms with Crippen LogP contribution in [-0.2, 0) is 52.3 Å². The number of ether oxygens (including phenoxy) is 8. The first kappa shape index (κ1) is 61.1. The number of carbonyl (C=O) groups excluding carboxylic acids is 2. The molecule has 17 atom stereocenters. The summed E-state index contributed by atoms with van der Waals surface area (Å²) in [5.74, 6) is -2.64. The molecular weight excluding hydrogens is 913 g/mol. The van der Waals surface area contributed by atoms with Crippen molar-refractivity contribution in [1.82, 2.24) is 0 Å². The van der Waals surface area contributed by atoms with Crippen molar-refractivity contribution in [3.63, 3.8) is 0 Å². The van der Waals surface area contributed by atoms with Gasteiger partial charge in [0.05, 0.1) is 31.5 Å². The third-order valence-electron chi connectivity index (χ3n) is 13.0. The molecule has 21 nitrogen and oxygen atoms in total. The maximum absolute atomic E-state index is 11.9. The number of carbonyl (C=O) groups is 3. The maximum atomic E-state index is 11.9. The second-order valence-electron chi connectivity index (χ2n) is 19.0. The molecule has 3 aliphatic heterocycles. The fraction of sp³-hybridized carbons (Fsp3) is 0.938. The number of carboxylic acids is 1. The van der Waals surface area contributed by atoms with Crippen LogP contribution in [0.5, 0.6) is 0 Å². The van der Waals surface area contributed by atoms with Gasteiger partial charge in [-0.3, -0.25) is 9.59 Å². The van der Waals surface area contributed by atoms with Crippen LogP contribution in [0.4, 0.5) is 0 Å². The Morgan fingerprint density at radius 2 is 1.06 bits per heavy atom. The van der Waals surface area contributed by atoms with E-state index in [1.807, 2.05) is 0 Å². The molecule has 0 bridgehead atoms. The highest BCUT2D eigenvalue weighted by Gasteiger charge is 2.52. The topological polar surface area (TPSA) is 327 Å². The van der Waals surface area contributed by atoms with Gasteiger partial charge in [-0.15, -0.1) is 0 Å². The first-order chi connectivity index (χ1) is 32.9. The average molecular weight is 999 g/mol. The van der Waals surface area contributed by atoms with E-state index in [2.05, 4.69) is 6.92 Å². The van der Waals surface area contributed by atoms with Gasteiger partial charge in [-0.1, -0.05) is 110 Å². The van der Waals surface area contributed by atoms with Crippen molar-refractivity contribution in [3.05, 3.63) is 0 Å². The normalized spacial score (nSPS) is 31.4. The molecule has 21 heteroatoms. The predicted molar refractivity (Wildman–Crippen MR) is 244 cm³/mol. The summed E-state index contributed by atoms with van der Waals surface area (Å²) in [5, 5.41) is 105. The molecule has 0 aromatic carbocycles. The van der Waals surface area contributed by atoms with Crippen molar-refractivity contribution in [2.45, 2.75) is 266 Å². The Morgan fingerprint density at radius 1 is 0.551 bits per heavy atom. The number of carboxylic acid groups (broad SMARTS) is 1. The van der Waals surface area contributed by atoms with Crippen molar-refractivity contribution >= 4 is 17.9 Å². The lowest BCUT2D eigenvalue weighted by Crippen LogP contribution is -2.65. The molecule has 404 valence electrons. The first-order valence-electron chi connectivity index (χ1n) is 25.5. The van der Waals surface area contributed by atoms with E-state index < -0.39 is 135 Å². The van der Waals surface area contributed by atoms with Crippen LogP contribution in [0, 0.1) is 0 Å². The molecule has 3 saturated heterocycles. The zero-order valence-electron chi connectivity index (χ0n) is 41.0. The van der Waals surface area contributed by atoms with Crippen molar-refractivity contribution in [2.24, 2.45) is 0 Å². The molecule has 3 fully saturated rings. The fourth-order valence-electron chi connectivity index (χ4n) is 8.83. The zero-order chi connectivity index (χ0) is 50.9. The maximum Gasteiger partial charge on any atom is 0.332 e. The van der Waals surface area contributed by atoms with Crippen LogP contribution >= 0.6 is 0 Å². The summed E-state index contributed by atoms with van der Waals surface area (Å²) >= 11 is 0. The summed E-state index contributed by atoms with van der Waals surface area (Å²) < 4.78 is 46.2. The van der Waals surface area contributed by atoms with Gasteiger partial charge < -0.3 is 89.0 Å². The molecule has 3 rings (SSSR count). The number of aliphatic carboxylic acids is 1. The Kier molecular flexibility index (Phi) is 29.7. The van der Waals surface area contributed by atoms with Gasteiger partial charge >= 0.3 is 17.9 Å². The monoisotopic (exact) mass is 999 g/mol. The third kappa shape index (κ3) is 22.2. The zero-order valence-corrected chi connectivity index (χ0v) is 41.0.